The molecular weight excluding hydrogens is 817 g/mol. The predicted molar refractivity (Wildman–Crippen MR) is 183 cm³/mol. The minimum absolute atomic E-state index is 0.0420. The van der Waals surface area contributed by atoms with Crippen LogP contribution in [0.4, 0.5) is 17.1 Å². The van der Waals surface area contributed by atoms with Crippen LogP contribution in [0.25, 0.3) is 0 Å². The normalized spacial score (nSPS) is 14.2. The molecule has 40 heavy (non-hydrogen) atoms. The van der Waals surface area contributed by atoms with E-state index in [0.29, 0.717) is 5.75 Å². The van der Waals surface area contributed by atoms with E-state index in [1.807, 2.05) is 13.8 Å². The van der Waals surface area contributed by atoms with Crippen LogP contribution in [-0.2, 0) is 6.84 Å². The number of nitro benzene ring substituents is 1. The molecule has 1 aliphatic rings. The van der Waals surface area contributed by atoms with E-state index >= 15 is 0 Å². The van der Waals surface area contributed by atoms with Gasteiger partial charge in [0, 0.05) is 0 Å². The molecule has 0 atom stereocenters. The first kappa shape index (κ1) is 31.2. The molecule has 220 valence electrons. The summed E-state index contributed by atoms with van der Waals surface area (Å²) in [5.41, 5.74) is 10.9. The van der Waals surface area contributed by atoms with Gasteiger partial charge in [0.05, 0.1) is 0 Å². The van der Waals surface area contributed by atoms with E-state index in [1.54, 1.807) is 12.1 Å². The molecule has 3 aromatic rings. The van der Waals surface area contributed by atoms with Crippen LogP contribution in [0.2, 0.25) is 0 Å². The van der Waals surface area contributed by atoms with Crippen molar-refractivity contribution in [3.8, 4) is 5.75 Å². The molecule has 1 aliphatic heterocycles. The number of ether oxygens (including phenoxy) is 1. The molecule has 0 amide bonds. The van der Waals surface area contributed by atoms with Gasteiger partial charge in [-0.25, -0.2) is 0 Å². The topological polar surface area (TPSA) is 58.9 Å². The second kappa shape index (κ2) is 12.3. The van der Waals surface area contributed by atoms with Crippen molar-refractivity contribution in [3.05, 3.63) is 91.5 Å². The summed E-state index contributed by atoms with van der Waals surface area (Å²) in [5, 5.41) is 11.7. The molecule has 6 nitrogen and oxygen atoms in total. The van der Waals surface area contributed by atoms with Gasteiger partial charge in [0.15, 0.2) is 0 Å². The van der Waals surface area contributed by atoms with Crippen LogP contribution in [0.5, 0.6) is 5.75 Å². The number of anilines is 2. The average molecular weight is 855 g/mol. The van der Waals surface area contributed by atoms with Crippen LogP contribution < -0.4 is 14.5 Å². The summed E-state index contributed by atoms with van der Waals surface area (Å²) in [6, 6.07) is 14.0. The van der Waals surface area contributed by atoms with Crippen LogP contribution in [0.1, 0.15) is 52.8 Å². The van der Waals surface area contributed by atoms with Crippen molar-refractivity contribution in [2.24, 2.45) is 0 Å². The first-order valence-electron chi connectivity index (χ1n) is 13.2. The number of hydrogen-bond donors (Lipinski definition) is 0. The van der Waals surface area contributed by atoms with Crippen LogP contribution >= 0.6 is 39.5 Å². The van der Waals surface area contributed by atoms with Gasteiger partial charge in [-0.15, -0.1) is 0 Å². The Morgan fingerprint density at radius 2 is 1.30 bits per heavy atom. The molecule has 0 N–H and O–H groups in total. The molecule has 0 radical (unpaired) electrons. The molecule has 4 rings (SSSR count). The van der Waals surface area contributed by atoms with Crippen molar-refractivity contribution in [2.45, 2.75) is 61.5 Å². The number of rotatable bonds is 6. The molecule has 1 saturated heterocycles. The quantitative estimate of drug-likeness (QED) is 0.108. The number of halogens is 2. The Balaban J connectivity index is 2.08. The fraction of sp³-hybridized carbons (Fsp3) is 0.355. The van der Waals surface area contributed by atoms with E-state index in [9.17, 15) is 10.1 Å². The van der Waals surface area contributed by atoms with Crippen molar-refractivity contribution in [3.63, 3.8) is 0 Å². The zero-order valence-corrected chi connectivity index (χ0v) is 30.3. The number of nitro groups is 1. The van der Waals surface area contributed by atoms with Gasteiger partial charge < -0.3 is 0 Å². The fourth-order valence-corrected chi connectivity index (χ4v) is 16.7. The zero-order valence-electron chi connectivity index (χ0n) is 24.3. The molecule has 9 heteroatoms. The first-order chi connectivity index (χ1) is 18.7. The molecule has 0 saturated carbocycles. The van der Waals surface area contributed by atoms with Gasteiger partial charge in [-0.3, -0.25) is 0 Å². The van der Waals surface area contributed by atoms with E-state index in [1.165, 1.54) is 55.2 Å². The Morgan fingerprint density at radius 3 is 1.70 bits per heavy atom. The van der Waals surface area contributed by atoms with Gasteiger partial charge in [-0.05, 0) is 0 Å². The standard InChI is InChI=1S/C21H26N2.C10H11NO3.2HI.Ru/c1-14-9-16(3)20(17(4)10-14)22-7-8-23(13-22)21-18(5)11-15(2)12-19(21)6;1-7(2)14-10-5-4-9(11(12)13)6-8(10)3;;;/h9-12H,7-8H2,1-6H3;3-7H,1-2H3;2*1H;/q;;;;-2/p-2. The minimum atomic E-state index is -2.91. The molecule has 0 aromatic heterocycles. The Morgan fingerprint density at radius 1 is 0.850 bits per heavy atom. The second-order valence-corrected chi connectivity index (χ2v) is 37.1. The van der Waals surface area contributed by atoms with Crippen LogP contribution in [-0.4, -0.2) is 33.1 Å². The Hall–Kier alpha value is -1.72. The Kier molecular flexibility index (Phi) is 9.57. The third-order valence-corrected chi connectivity index (χ3v) is 16.6. The molecule has 1 fully saturated rings. The second-order valence-electron chi connectivity index (χ2n) is 10.7. The van der Waals surface area contributed by atoms with E-state index in [-0.39, 0.29) is 16.7 Å². The van der Waals surface area contributed by atoms with E-state index in [0.717, 1.165) is 18.7 Å². The summed E-state index contributed by atoms with van der Waals surface area (Å²) in [4.78, 5) is 16.4. The van der Waals surface area contributed by atoms with Crippen molar-refractivity contribution < 1.29 is 16.5 Å². The Labute approximate surface area is 261 Å². The summed E-state index contributed by atoms with van der Waals surface area (Å²) in [7, 11) is 0. The number of benzene rings is 3. The molecule has 3 aromatic carbocycles. The van der Waals surface area contributed by atoms with Crippen molar-refractivity contribution in [1.29, 1.82) is 0 Å². The number of nitrogens with zero attached hydrogens (tertiary/aromatic N) is 3. The average Bonchev–Trinajstić information content (AvgIpc) is 3.23. The predicted octanol–water partition coefficient (Wildman–Crippen LogP) is 8.35. The molecule has 0 unspecified atom stereocenters. The van der Waals surface area contributed by atoms with Gasteiger partial charge in [0.1, 0.15) is 0 Å². The van der Waals surface area contributed by atoms with Gasteiger partial charge in [0.25, 0.3) is 0 Å². The summed E-state index contributed by atoms with van der Waals surface area (Å²) in [6.07, 6.45) is -0.0420. The van der Waals surface area contributed by atoms with Crippen LogP contribution in [0.15, 0.2) is 42.5 Å². The van der Waals surface area contributed by atoms with Gasteiger partial charge in [0.2, 0.25) is 0 Å². The number of aryl methyl sites for hydroxylation is 6. The van der Waals surface area contributed by atoms with Crippen LogP contribution in [0.3, 0.4) is 0 Å². The van der Waals surface area contributed by atoms with E-state index in [4.69, 9.17) is 4.74 Å². The maximum atomic E-state index is 11.7. The van der Waals surface area contributed by atoms with Gasteiger partial charge >= 0.3 is 264 Å². The molecule has 0 spiro atoms. The third kappa shape index (κ3) is 6.51. The SMILES string of the molecule is Cc1cc(C)c(N2CCN(c3c(C)cc(C)cc3C)[C]2=[Ru-4]([I])([I])=[CH]c2cc([N+](=O)[O-])ccc2OC(C)C)c(C)c1. The number of non-ortho nitro benzene ring substituents is 1. The van der Waals surface area contributed by atoms with E-state index < -0.39 is 6.84 Å². The third-order valence-electron chi connectivity index (χ3n) is 6.81. The zero-order chi connectivity index (χ0) is 29.5. The fourth-order valence-electron chi connectivity index (χ4n) is 5.65. The molecule has 0 aliphatic carbocycles. The maximum absolute atomic E-state index is 11.7. The number of hydrogen-bond acceptors (Lipinski definition) is 5. The summed E-state index contributed by atoms with van der Waals surface area (Å²) >= 11 is 5.32. The monoisotopic (exact) mass is 855 g/mol. The summed E-state index contributed by atoms with van der Waals surface area (Å²) < 4.78 is 9.72. The van der Waals surface area contributed by atoms with Crippen LogP contribution in [0, 0.1) is 51.7 Å². The van der Waals surface area contributed by atoms with Gasteiger partial charge in [-0.1, -0.05) is 0 Å². The molecule has 0 bridgehead atoms. The Bertz CT molecular complexity index is 1500. The van der Waals surface area contributed by atoms with Crippen molar-refractivity contribution >= 4 is 65.5 Å². The van der Waals surface area contributed by atoms with E-state index in [2.05, 4.69) is 120 Å². The summed E-state index contributed by atoms with van der Waals surface area (Å²) in [5.74, 6) is 0.682. The molecular formula is C31H37I2N3O3Ru-4. The van der Waals surface area contributed by atoms with Gasteiger partial charge in [-0.2, -0.15) is 0 Å². The van der Waals surface area contributed by atoms with Crippen molar-refractivity contribution in [2.75, 3.05) is 22.9 Å². The van der Waals surface area contributed by atoms with Crippen molar-refractivity contribution in [1.82, 2.24) is 0 Å². The first-order valence-corrected chi connectivity index (χ1v) is 25.4. The summed E-state index contributed by atoms with van der Waals surface area (Å²) in [6.45, 7) is 15.9. The molecule has 1 heterocycles.